The van der Waals surface area contributed by atoms with Crippen LogP contribution >= 0.6 is 11.6 Å². The molecule has 4 aromatic rings. The highest BCUT2D eigenvalue weighted by molar-refractivity contribution is 6.30. The van der Waals surface area contributed by atoms with E-state index >= 15 is 0 Å². The van der Waals surface area contributed by atoms with Crippen LogP contribution in [0.3, 0.4) is 0 Å². The number of benzene rings is 1. The van der Waals surface area contributed by atoms with Gasteiger partial charge in [-0.25, -0.2) is 4.98 Å². The highest BCUT2D eigenvalue weighted by Crippen LogP contribution is 2.34. The molecular formula is C22H23ClN4O. The molecule has 0 aliphatic heterocycles. The maximum atomic E-state index is 6.23. The molecule has 0 atom stereocenters. The Kier molecular flexibility index (Phi) is 4.42. The summed E-state index contributed by atoms with van der Waals surface area (Å²) < 4.78 is 7.31. The van der Waals surface area contributed by atoms with Gasteiger partial charge in [0.2, 0.25) is 0 Å². The number of anilines is 1. The maximum absolute atomic E-state index is 6.23. The molecule has 0 saturated carbocycles. The SMILES string of the molecule is Cc1noc(C)c1-c1ccc(-c2nc3ccc(Cl)cn3c2NC(C)(C)C)cc1. The lowest BCUT2D eigenvalue weighted by Gasteiger charge is -2.22. The molecule has 0 radical (unpaired) electrons. The van der Waals surface area contributed by atoms with Gasteiger partial charge < -0.3 is 9.84 Å². The van der Waals surface area contributed by atoms with Crippen molar-refractivity contribution in [2.45, 2.75) is 40.2 Å². The van der Waals surface area contributed by atoms with E-state index in [-0.39, 0.29) is 5.54 Å². The minimum Gasteiger partial charge on any atom is -0.365 e. The number of imidazole rings is 1. The molecule has 0 aliphatic rings. The molecule has 0 unspecified atom stereocenters. The van der Waals surface area contributed by atoms with Gasteiger partial charge >= 0.3 is 0 Å². The van der Waals surface area contributed by atoms with Crippen LogP contribution in [0.4, 0.5) is 5.82 Å². The van der Waals surface area contributed by atoms with Crippen molar-refractivity contribution in [1.82, 2.24) is 14.5 Å². The number of nitrogens with one attached hydrogen (secondary N) is 1. The van der Waals surface area contributed by atoms with Crippen molar-refractivity contribution in [3.8, 4) is 22.4 Å². The van der Waals surface area contributed by atoms with Crippen molar-refractivity contribution in [2.75, 3.05) is 5.32 Å². The first-order valence-electron chi connectivity index (χ1n) is 9.22. The zero-order valence-corrected chi connectivity index (χ0v) is 17.4. The summed E-state index contributed by atoms with van der Waals surface area (Å²) in [5, 5.41) is 8.30. The lowest BCUT2D eigenvalue weighted by molar-refractivity contribution is 0.393. The van der Waals surface area contributed by atoms with E-state index in [1.165, 1.54) is 0 Å². The van der Waals surface area contributed by atoms with Crippen LogP contribution in [0.25, 0.3) is 28.0 Å². The molecule has 0 saturated heterocycles. The zero-order chi connectivity index (χ0) is 20.1. The third kappa shape index (κ3) is 3.38. The number of rotatable bonds is 3. The lowest BCUT2D eigenvalue weighted by atomic mass is 10.0. The normalized spacial score (nSPS) is 11.9. The second-order valence-corrected chi connectivity index (χ2v) is 8.47. The van der Waals surface area contributed by atoms with Gasteiger partial charge in [-0.2, -0.15) is 0 Å². The zero-order valence-electron chi connectivity index (χ0n) is 16.7. The summed E-state index contributed by atoms with van der Waals surface area (Å²) in [5.74, 6) is 1.75. The summed E-state index contributed by atoms with van der Waals surface area (Å²) in [6.45, 7) is 10.3. The first-order chi connectivity index (χ1) is 13.2. The van der Waals surface area contributed by atoms with Gasteiger partial charge in [0.1, 0.15) is 22.9 Å². The number of pyridine rings is 1. The summed E-state index contributed by atoms with van der Waals surface area (Å²) in [5.41, 5.74) is 5.66. The smallest absolute Gasteiger partial charge is 0.141 e. The molecule has 5 nitrogen and oxygen atoms in total. The van der Waals surface area contributed by atoms with Crippen LogP contribution in [0.2, 0.25) is 5.02 Å². The van der Waals surface area contributed by atoms with Gasteiger partial charge in [-0.15, -0.1) is 0 Å². The van der Waals surface area contributed by atoms with Gasteiger partial charge in [-0.1, -0.05) is 41.0 Å². The topological polar surface area (TPSA) is 55.4 Å². The first kappa shape index (κ1) is 18.6. The van der Waals surface area contributed by atoms with E-state index < -0.39 is 0 Å². The molecule has 0 fully saturated rings. The summed E-state index contributed by atoms with van der Waals surface area (Å²) >= 11 is 6.23. The van der Waals surface area contributed by atoms with E-state index in [1.807, 2.05) is 36.6 Å². The number of fused-ring (bicyclic) bond motifs is 1. The number of aromatic nitrogens is 3. The highest BCUT2D eigenvalue weighted by Gasteiger charge is 2.20. The van der Waals surface area contributed by atoms with E-state index in [0.717, 1.165) is 45.3 Å². The fraction of sp³-hybridized carbons (Fsp3) is 0.273. The van der Waals surface area contributed by atoms with Crippen molar-refractivity contribution in [1.29, 1.82) is 0 Å². The summed E-state index contributed by atoms with van der Waals surface area (Å²) in [6, 6.07) is 12.1. The maximum Gasteiger partial charge on any atom is 0.141 e. The third-order valence-electron chi connectivity index (χ3n) is 4.56. The highest BCUT2D eigenvalue weighted by atomic mass is 35.5. The van der Waals surface area contributed by atoms with Crippen LogP contribution in [-0.2, 0) is 0 Å². The van der Waals surface area contributed by atoms with Crippen molar-refractivity contribution < 1.29 is 4.52 Å². The molecule has 0 bridgehead atoms. The van der Waals surface area contributed by atoms with E-state index in [9.17, 15) is 0 Å². The quantitative estimate of drug-likeness (QED) is 0.453. The van der Waals surface area contributed by atoms with Crippen molar-refractivity contribution in [2.24, 2.45) is 0 Å². The molecule has 0 amide bonds. The molecule has 1 aromatic carbocycles. The molecule has 0 spiro atoms. The average Bonchev–Trinajstić information content (AvgIpc) is 3.14. The number of aryl methyl sites for hydroxylation is 2. The third-order valence-corrected chi connectivity index (χ3v) is 4.78. The van der Waals surface area contributed by atoms with Crippen LogP contribution in [0.15, 0.2) is 47.1 Å². The molecule has 4 rings (SSSR count). The molecule has 144 valence electrons. The van der Waals surface area contributed by atoms with Crippen LogP contribution < -0.4 is 5.32 Å². The lowest BCUT2D eigenvalue weighted by Crippen LogP contribution is -2.27. The van der Waals surface area contributed by atoms with Gasteiger partial charge in [0.25, 0.3) is 0 Å². The Morgan fingerprint density at radius 2 is 1.68 bits per heavy atom. The van der Waals surface area contributed by atoms with Gasteiger partial charge in [-0.3, -0.25) is 4.40 Å². The Morgan fingerprint density at radius 3 is 2.29 bits per heavy atom. The van der Waals surface area contributed by atoms with Gasteiger partial charge in [0.05, 0.1) is 10.7 Å². The predicted molar refractivity (Wildman–Crippen MR) is 114 cm³/mol. The fourth-order valence-electron chi connectivity index (χ4n) is 3.38. The largest absolute Gasteiger partial charge is 0.365 e. The second-order valence-electron chi connectivity index (χ2n) is 8.04. The number of hydrogen-bond acceptors (Lipinski definition) is 4. The first-order valence-corrected chi connectivity index (χ1v) is 9.60. The minimum absolute atomic E-state index is 0.121. The Labute approximate surface area is 169 Å². The van der Waals surface area contributed by atoms with Crippen LogP contribution in [-0.4, -0.2) is 20.1 Å². The van der Waals surface area contributed by atoms with Gasteiger partial charge in [0, 0.05) is 22.9 Å². The van der Waals surface area contributed by atoms with Crippen molar-refractivity contribution in [3.63, 3.8) is 0 Å². The van der Waals surface area contributed by atoms with Crippen molar-refractivity contribution in [3.05, 3.63) is 59.1 Å². The minimum atomic E-state index is -0.121. The predicted octanol–water partition coefficient (Wildman–Crippen LogP) is 6.14. The Morgan fingerprint density at radius 1 is 1.00 bits per heavy atom. The fourth-order valence-corrected chi connectivity index (χ4v) is 3.55. The summed E-state index contributed by atoms with van der Waals surface area (Å²) in [7, 11) is 0. The second kappa shape index (κ2) is 6.67. The van der Waals surface area contributed by atoms with Crippen LogP contribution in [0, 0.1) is 13.8 Å². The molecule has 3 heterocycles. The average molecular weight is 395 g/mol. The molecule has 6 heteroatoms. The molecule has 28 heavy (non-hydrogen) atoms. The molecule has 1 N–H and O–H groups in total. The summed E-state index contributed by atoms with van der Waals surface area (Å²) in [6.07, 6.45) is 1.89. The van der Waals surface area contributed by atoms with E-state index in [1.54, 1.807) is 0 Å². The van der Waals surface area contributed by atoms with Gasteiger partial charge in [-0.05, 0) is 52.3 Å². The Balaban J connectivity index is 1.83. The summed E-state index contributed by atoms with van der Waals surface area (Å²) in [4.78, 5) is 4.85. The molecular weight excluding hydrogens is 372 g/mol. The monoisotopic (exact) mass is 394 g/mol. The van der Waals surface area contributed by atoms with Crippen LogP contribution in [0.5, 0.6) is 0 Å². The number of halogens is 1. The Hall–Kier alpha value is -2.79. The van der Waals surface area contributed by atoms with Crippen molar-refractivity contribution >= 4 is 23.1 Å². The molecule has 3 aromatic heterocycles. The van der Waals surface area contributed by atoms with E-state index in [0.29, 0.717) is 5.02 Å². The number of nitrogens with zero attached hydrogens (tertiary/aromatic N) is 3. The van der Waals surface area contributed by atoms with Crippen LogP contribution in [0.1, 0.15) is 32.2 Å². The van der Waals surface area contributed by atoms with E-state index in [4.69, 9.17) is 21.1 Å². The number of hydrogen-bond donors (Lipinski definition) is 1. The molecule has 0 aliphatic carbocycles. The van der Waals surface area contributed by atoms with E-state index in [2.05, 4.69) is 55.5 Å². The van der Waals surface area contributed by atoms with Gasteiger partial charge in [0.15, 0.2) is 0 Å². The Bertz CT molecular complexity index is 1130. The standard InChI is InChI=1S/C22H23ClN4O/c1-13-19(14(2)28-26-13)15-6-8-16(9-7-15)20-21(25-22(3,4)5)27-12-17(23)10-11-18(27)24-20/h6-12,25H,1-5H3.